The van der Waals surface area contributed by atoms with Crippen LogP contribution in [0.15, 0.2) is 52.3 Å². The number of thioether (sulfide) groups is 1. The number of ether oxygens (including phenoxy) is 2. The quantitative estimate of drug-likeness (QED) is 0.741. The van der Waals surface area contributed by atoms with Crippen LogP contribution in [0.5, 0.6) is 0 Å². The van der Waals surface area contributed by atoms with Crippen molar-refractivity contribution in [1.82, 2.24) is 4.72 Å². The number of rotatable bonds is 5. The summed E-state index contributed by atoms with van der Waals surface area (Å²) in [7, 11) is -1.65. The van der Waals surface area contributed by atoms with Gasteiger partial charge in [0.15, 0.2) is 0 Å². The van der Waals surface area contributed by atoms with Crippen molar-refractivity contribution in [3.05, 3.63) is 59.2 Å². The molecule has 0 aliphatic carbocycles. The van der Waals surface area contributed by atoms with Crippen molar-refractivity contribution in [1.29, 1.82) is 0 Å². The second-order valence-corrected chi connectivity index (χ2v) is 8.93. The Morgan fingerprint density at radius 1 is 1.04 bits per heavy atom. The van der Waals surface area contributed by atoms with Gasteiger partial charge in [-0.25, -0.2) is 22.7 Å². The number of esters is 2. The molecule has 0 spiro atoms. The highest BCUT2D eigenvalue weighted by molar-refractivity contribution is 7.99. The Kier molecular flexibility index (Phi) is 6.07. The van der Waals surface area contributed by atoms with E-state index in [1.54, 1.807) is 11.8 Å². The van der Waals surface area contributed by atoms with Gasteiger partial charge in [0, 0.05) is 10.9 Å². The predicted octanol–water partition coefficient (Wildman–Crippen LogP) is 2.78. The van der Waals surface area contributed by atoms with Gasteiger partial charge in [-0.2, -0.15) is 0 Å². The lowest BCUT2D eigenvalue weighted by Crippen LogP contribution is -2.31. The van der Waals surface area contributed by atoms with E-state index in [2.05, 4.69) is 14.2 Å². The van der Waals surface area contributed by atoms with Gasteiger partial charge in [0.25, 0.3) is 0 Å². The molecule has 1 aliphatic rings. The summed E-state index contributed by atoms with van der Waals surface area (Å²) in [4.78, 5) is 24.7. The van der Waals surface area contributed by atoms with E-state index in [1.165, 1.54) is 32.4 Å². The Bertz CT molecular complexity index is 985. The van der Waals surface area contributed by atoms with Crippen LogP contribution in [0.4, 0.5) is 0 Å². The molecule has 0 amide bonds. The Labute approximate surface area is 167 Å². The van der Waals surface area contributed by atoms with Gasteiger partial charge in [-0.3, -0.25) is 0 Å². The first kappa shape index (κ1) is 20.4. The van der Waals surface area contributed by atoms with Gasteiger partial charge in [-0.05, 0) is 42.0 Å². The van der Waals surface area contributed by atoms with Crippen LogP contribution in [0, 0.1) is 0 Å². The zero-order chi connectivity index (χ0) is 20.3. The van der Waals surface area contributed by atoms with E-state index in [9.17, 15) is 18.0 Å². The second kappa shape index (κ2) is 8.34. The third kappa shape index (κ3) is 4.21. The van der Waals surface area contributed by atoms with E-state index in [0.29, 0.717) is 6.42 Å². The average Bonchev–Trinajstić information content (AvgIpc) is 2.72. The van der Waals surface area contributed by atoms with Crippen molar-refractivity contribution in [2.24, 2.45) is 0 Å². The standard InChI is InChI=1S/C19H19NO6S2/c1-25-18(21)12-9-13(19(22)26-2)11-14(10-12)28(23,24)20-16-7-8-27-17-6-4-3-5-15(16)17/h3-6,9-11,16,20H,7-8H2,1-2H3/t16-/m1/s1. The summed E-state index contributed by atoms with van der Waals surface area (Å²) in [6.45, 7) is 0. The van der Waals surface area contributed by atoms with Crippen LogP contribution < -0.4 is 4.72 Å². The fraction of sp³-hybridized carbons (Fsp3) is 0.263. The summed E-state index contributed by atoms with van der Waals surface area (Å²) in [5.41, 5.74) is 0.801. The molecule has 0 bridgehead atoms. The Morgan fingerprint density at radius 2 is 1.64 bits per heavy atom. The minimum Gasteiger partial charge on any atom is -0.465 e. The SMILES string of the molecule is COC(=O)c1cc(C(=O)OC)cc(S(=O)(=O)N[C@@H]2CCSc3ccccc32)c1. The molecule has 2 aromatic carbocycles. The first-order valence-electron chi connectivity index (χ1n) is 8.41. The van der Waals surface area contributed by atoms with Crippen LogP contribution in [-0.2, 0) is 19.5 Å². The number of carbonyl (C=O) groups excluding carboxylic acids is 2. The number of methoxy groups -OCH3 is 2. The Hall–Kier alpha value is -2.36. The molecule has 1 aliphatic heterocycles. The van der Waals surface area contributed by atoms with Crippen LogP contribution >= 0.6 is 11.8 Å². The average molecular weight is 421 g/mol. The van der Waals surface area contributed by atoms with Gasteiger partial charge in [0.2, 0.25) is 10.0 Å². The minimum atomic E-state index is -4.01. The molecule has 0 saturated heterocycles. The minimum absolute atomic E-state index is 0.0506. The summed E-state index contributed by atoms with van der Waals surface area (Å²) in [6.07, 6.45) is 0.626. The number of nitrogens with one attached hydrogen (secondary N) is 1. The molecule has 1 N–H and O–H groups in total. The molecule has 2 aromatic rings. The molecule has 9 heteroatoms. The molecular weight excluding hydrogens is 402 g/mol. The third-order valence-electron chi connectivity index (χ3n) is 4.31. The number of sulfonamides is 1. The van der Waals surface area contributed by atoms with Gasteiger partial charge in [-0.1, -0.05) is 18.2 Å². The summed E-state index contributed by atoms with van der Waals surface area (Å²) in [6, 6.07) is 10.8. The van der Waals surface area contributed by atoms with E-state index in [4.69, 9.17) is 0 Å². The molecule has 0 aromatic heterocycles. The van der Waals surface area contributed by atoms with Gasteiger partial charge in [-0.15, -0.1) is 11.8 Å². The van der Waals surface area contributed by atoms with Crippen LogP contribution in [0.2, 0.25) is 0 Å². The zero-order valence-electron chi connectivity index (χ0n) is 15.3. The fourth-order valence-corrected chi connectivity index (χ4v) is 5.39. The molecule has 0 unspecified atom stereocenters. The van der Waals surface area contributed by atoms with Gasteiger partial charge >= 0.3 is 11.9 Å². The molecule has 3 rings (SSSR count). The van der Waals surface area contributed by atoms with Crippen molar-refractivity contribution in [3.63, 3.8) is 0 Å². The Balaban J connectivity index is 2.00. The first-order chi connectivity index (χ1) is 13.4. The topological polar surface area (TPSA) is 98.8 Å². The smallest absolute Gasteiger partial charge is 0.337 e. The van der Waals surface area contributed by atoms with E-state index in [-0.39, 0.29) is 16.0 Å². The third-order valence-corrected chi connectivity index (χ3v) is 6.89. The fourth-order valence-electron chi connectivity index (χ4n) is 2.95. The maximum Gasteiger partial charge on any atom is 0.337 e. The summed E-state index contributed by atoms with van der Waals surface area (Å²) < 4.78 is 38.0. The maximum absolute atomic E-state index is 13.0. The highest BCUT2D eigenvalue weighted by Gasteiger charge is 2.27. The van der Waals surface area contributed by atoms with Crippen molar-refractivity contribution in [3.8, 4) is 0 Å². The number of hydrogen-bond acceptors (Lipinski definition) is 7. The van der Waals surface area contributed by atoms with Gasteiger partial charge in [0.1, 0.15) is 0 Å². The van der Waals surface area contributed by atoms with Crippen LogP contribution in [0.3, 0.4) is 0 Å². The number of carbonyl (C=O) groups is 2. The summed E-state index contributed by atoms with van der Waals surface area (Å²) >= 11 is 1.68. The highest BCUT2D eigenvalue weighted by atomic mass is 32.2. The molecule has 1 heterocycles. The summed E-state index contributed by atoms with van der Waals surface area (Å²) in [5, 5.41) is 0. The predicted molar refractivity (Wildman–Crippen MR) is 104 cm³/mol. The lowest BCUT2D eigenvalue weighted by atomic mass is 10.1. The second-order valence-electron chi connectivity index (χ2n) is 6.08. The molecule has 0 radical (unpaired) electrons. The van der Waals surface area contributed by atoms with E-state index >= 15 is 0 Å². The molecule has 0 saturated carbocycles. The lowest BCUT2D eigenvalue weighted by Gasteiger charge is -2.25. The lowest BCUT2D eigenvalue weighted by molar-refractivity contribution is 0.0598. The van der Waals surface area contributed by atoms with Crippen molar-refractivity contribution in [2.75, 3.05) is 20.0 Å². The van der Waals surface area contributed by atoms with Crippen LogP contribution in [0.1, 0.15) is 38.7 Å². The molecule has 7 nitrogen and oxygen atoms in total. The zero-order valence-corrected chi connectivity index (χ0v) is 16.9. The molecule has 0 fully saturated rings. The van der Waals surface area contributed by atoms with E-state index in [1.807, 2.05) is 24.3 Å². The number of hydrogen-bond donors (Lipinski definition) is 1. The normalized spacial score (nSPS) is 16.1. The molecule has 1 atom stereocenters. The first-order valence-corrected chi connectivity index (χ1v) is 10.9. The molecule has 148 valence electrons. The van der Waals surface area contributed by atoms with Crippen molar-refractivity contribution >= 4 is 33.7 Å². The van der Waals surface area contributed by atoms with Gasteiger partial charge < -0.3 is 9.47 Å². The molecule has 28 heavy (non-hydrogen) atoms. The largest absolute Gasteiger partial charge is 0.465 e. The summed E-state index contributed by atoms with van der Waals surface area (Å²) in [5.74, 6) is -0.719. The van der Waals surface area contributed by atoms with Crippen LogP contribution in [-0.4, -0.2) is 40.3 Å². The molecular formula is C19H19NO6S2. The van der Waals surface area contributed by atoms with E-state index in [0.717, 1.165) is 16.2 Å². The maximum atomic E-state index is 13.0. The van der Waals surface area contributed by atoms with Crippen molar-refractivity contribution < 1.29 is 27.5 Å². The number of fused-ring (bicyclic) bond motifs is 1. The van der Waals surface area contributed by atoms with Gasteiger partial charge in [0.05, 0.1) is 30.2 Å². The van der Waals surface area contributed by atoms with Crippen LogP contribution in [0.25, 0.3) is 0 Å². The van der Waals surface area contributed by atoms with E-state index < -0.39 is 28.0 Å². The monoisotopic (exact) mass is 421 g/mol. The highest BCUT2D eigenvalue weighted by Crippen LogP contribution is 2.36. The van der Waals surface area contributed by atoms with Crippen molar-refractivity contribution in [2.45, 2.75) is 22.3 Å². The number of benzene rings is 2. The Morgan fingerprint density at radius 3 is 2.25 bits per heavy atom.